The fraction of sp³-hybridized carbons (Fsp3) is 0.217. The van der Waals surface area contributed by atoms with Crippen molar-refractivity contribution in [2.75, 3.05) is 19.5 Å². The van der Waals surface area contributed by atoms with Crippen molar-refractivity contribution in [1.82, 2.24) is 9.55 Å². The van der Waals surface area contributed by atoms with Crippen LogP contribution in [0, 0.1) is 13.8 Å². The number of rotatable bonds is 8. The lowest BCUT2D eigenvalue weighted by Gasteiger charge is -2.05. The summed E-state index contributed by atoms with van der Waals surface area (Å²) in [5.74, 6) is 1.07. The highest BCUT2D eigenvalue weighted by atomic mass is 32.1. The summed E-state index contributed by atoms with van der Waals surface area (Å²) in [6.07, 6.45) is 5.05. The number of nitrogens with one attached hydrogen (secondary N) is 1. The fourth-order valence-electron chi connectivity index (χ4n) is 3.17. The predicted octanol–water partition coefficient (Wildman–Crippen LogP) is 5.08. The topological polar surface area (TPSA) is 65.4 Å². The third-order valence-electron chi connectivity index (χ3n) is 4.70. The minimum atomic E-state index is -0.255. The number of allylic oxidation sites excluding steroid dienone is 1. The number of hydrogen-bond donors (Lipinski definition) is 1. The van der Waals surface area contributed by atoms with Crippen LogP contribution >= 0.6 is 11.3 Å². The Bertz CT molecular complexity index is 1070. The zero-order chi connectivity index (χ0) is 21.7. The van der Waals surface area contributed by atoms with Crippen molar-refractivity contribution in [1.29, 1.82) is 0 Å². The van der Waals surface area contributed by atoms with Crippen molar-refractivity contribution < 1.29 is 14.3 Å². The molecule has 1 amide bonds. The van der Waals surface area contributed by atoms with Gasteiger partial charge in [0.05, 0.1) is 19.9 Å². The van der Waals surface area contributed by atoms with Crippen LogP contribution in [0.25, 0.3) is 17.3 Å². The first-order valence-corrected chi connectivity index (χ1v) is 10.3. The molecule has 3 aromatic rings. The van der Waals surface area contributed by atoms with Gasteiger partial charge in [-0.2, -0.15) is 0 Å². The van der Waals surface area contributed by atoms with E-state index in [1.54, 1.807) is 26.4 Å². The van der Waals surface area contributed by atoms with Gasteiger partial charge in [-0.15, -0.1) is 17.9 Å². The number of amides is 1. The molecule has 2 aromatic heterocycles. The first-order chi connectivity index (χ1) is 14.4. The Morgan fingerprint density at radius 2 is 1.90 bits per heavy atom. The van der Waals surface area contributed by atoms with Gasteiger partial charge in [0.25, 0.3) is 0 Å². The molecule has 0 radical (unpaired) electrons. The Morgan fingerprint density at radius 3 is 2.53 bits per heavy atom. The third-order valence-corrected chi connectivity index (χ3v) is 5.45. The molecule has 6 nitrogen and oxygen atoms in total. The highest BCUT2D eigenvalue weighted by Crippen LogP contribution is 2.30. The second-order valence-electron chi connectivity index (χ2n) is 6.69. The average molecular weight is 424 g/mol. The molecule has 0 saturated carbocycles. The Hall–Kier alpha value is -3.32. The predicted molar refractivity (Wildman–Crippen MR) is 122 cm³/mol. The van der Waals surface area contributed by atoms with E-state index in [9.17, 15) is 4.79 Å². The Kier molecular flexibility index (Phi) is 6.74. The molecule has 0 spiro atoms. The molecule has 0 fully saturated rings. The summed E-state index contributed by atoms with van der Waals surface area (Å²) in [7, 11) is 3.17. The van der Waals surface area contributed by atoms with Crippen LogP contribution in [-0.4, -0.2) is 29.7 Å². The molecule has 30 heavy (non-hydrogen) atoms. The number of anilines is 1. The van der Waals surface area contributed by atoms with Gasteiger partial charge in [-0.3, -0.25) is 10.1 Å². The summed E-state index contributed by atoms with van der Waals surface area (Å²) in [5.41, 5.74) is 4.99. The van der Waals surface area contributed by atoms with E-state index in [0.717, 1.165) is 34.8 Å². The van der Waals surface area contributed by atoms with Gasteiger partial charge in [-0.05, 0) is 43.7 Å². The maximum absolute atomic E-state index is 12.3. The average Bonchev–Trinajstić information content (AvgIpc) is 3.31. The molecular formula is C23H25N3O3S. The largest absolute Gasteiger partial charge is 0.497 e. The van der Waals surface area contributed by atoms with Crippen LogP contribution in [0.3, 0.4) is 0 Å². The maximum Gasteiger partial charge on any atom is 0.250 e. The van der Waals surface area contributed by atoms with Crippen LogP contribution < -0.4 is 14.8 Å². The molecule has 0 saturated heterocycles. The monoisotopic (exact) mass is 423 g/mol. The summed E-state index contributed by atoms with van der Waals surface area (Å²) in [4.78, 5) is 16.9. The Labute approximate surface area is 180 Å². The van der Waals surface area contributed by atoms with Crippen molar-refractivity contribution >= 4 is 28.5 Å². The first kappa shape index (κ1) is 21.4. The highest BCUT2D eigenvalue weighted by Gasteiger charge is 2.13. The number of nitrogens with zero attached hydrogens (tertiary/aromatic N) is 2. The van der Waals surface area contributed by atoms with E-state index in [1.165, 1.54) is 17.4 Å². The molecule has 0 atom stereocenters. The van der Waals surface area contributed by atoms with Crippen LogP contribution in [0.5, 0.6) is 11.5 Å². The van der Waals surface area contributed by atoms with Crippen molar-refractivity contribution in [3.63, 3.8) is 0 Å². The Balaban J connectivity index is 1.72. The van der Waals surface area contributed by atoms with Gasteiger partial charge >= 0.3 is 0 Å². The maximum atomic E-state index is 12.3. The smallest absolute Gasteiger partial charge is 0.250 e. The van der Waals surface area contributed by atoms with E-state index in [2.05, 4.69) is 41.4 Å². The number of aryl methyl sites for hydroxylation is 1. The molecule has 0 bridgehead atoms. The summed E-state index contributed by atoms with van der Waals surface area (Å²) in [6.45, 7) is 8.70. The van der Waals surface area contributed by atoms with Gasteiger partial charge in [0.2, 0.25) is 5.91 Å². The molecule has 156 valence electrons. The van der Waals surface area contributed by atoms with Crippen molar-refractivity contribution in [3.05, 3.63) is 65.3 Å². The molecule has 0 unspecified atom stereocenters. The van der Waals surface area contributed by atoms with E-state index >= 15 is 0 Å². The van der Waals surface area contributed by atoms with Gasteiger partial charge in [0, 0.05) is 41.0 Å². The lowest BCUT2D eigenvalue weighted by atomic mass is 10.2. The zero-order valence-corrected chi connectivity index (χ0v) is 18.4. The van der Waals surface area contributed by atoms with E-state index in [0.29, 0.717) is 16.6 Å². The molecule has 7 heteroatoms. The van der Waals surface area contributed by atoms with Crippen LogP contribution in [0.1, 0.15) is 17.0 Å². The molecule has 1 N–H and O–H groups in total. The first-order valence-electron chi connectivity index (χ1n) is 9.40. The molecular weight excluding hydrogens is 398 g/mol. The number of hydrogen-bond acceptors (Lipinski definition) is 5. The fourth-order valence-corrected chi connectivity index (χ4v) is 3.88. The number of thiazole rings is 1. The molecule has 2 heterocycles. The molecule has 0 aliphatic carbocycles. The number of ether oxygens (including phenoxy) is 2. The normalized spacial score (nSPS) is 10.9. The van der Waals surface area contributed by atoms with Crippen LogP contribution in [0.4, 0.5) is 5.13 Å². The van der Waals surface area contributed by atoms with Crippen molar-refractivity contribution in [2.24, 2.45) is 0 Å². The van der Waals surface area contributed by atoms with E-state index in [-0.39, 0.29) is 5.91 Å². The van der Waals surface area contributed by atoms with Gasteiger partial charge in [0.15, 0.2) is 5.13 Å². The molecule has 0 aliphatic rings. The number of benzene rings is 1. The number of aromatic nitrogens is 2. The van der Waals surface area contributed by atoms with Crippen LogP contribution in [-0.2, 0) is 11.3 Å². The van der Waals surface area contributed by atoms with Gasteiger partial charge in [-0.1, -0.05) is 6.08 Å². The minimum Gasteiger partial charge on any atom is -0.497 e. The minimum absolute atomic E-state index is 0.255. The van der Waals surface area contributed by atoms with E-state index in [4.69, 9.17) is 9.47 Å². The molecule has 1 aromatic carbocycles. The molecule has 3 rings (SSSR count). The summed E-state index contributed by atoms with van der Waals surface area (Å²) >= 11 is 1.40. The van der Waals surface area contributed by atoms with Gasteiger partial charge in [-0.25, -0.2) is 4.98 Å². The second-order valence-corrected chi connectivity index (χ2v) is 7.55. The Morgan fingerprint density at radius 1 is 1.20 bits per heavy atom. The lowest BCUT2D eigenvalue weighted by molar-refractivity contribution is -0.111. The lowest BCUT2D eigenvalue weighted by Crippen LogP contribution is -2.07. The van der Waals surface area contributed by atoms with Crippen LogP contribution in [0.15, 0.2) is 48.4 Å². The quantitative estimate of drug-likeness (QED) is 0.405. The van der Waals surface area contributed by atoms with Crippen molar-refractivity contribution in [2.45, 2.75) is 20.4 Å². The van der Waals surface area contributed by atoms with Crippen LogP contribution in [0.2, 0.25) is 0 Å². The summed E-state index contributed by atoms with van der Waals surface area (Å²) < 4.78 is 12.7. The summed E-state index contributed by atoms with van der Waals surface area (Å²) in [5, 5.41) is 5.32. The van der Waals surface area contributed by atoms with Gasteiger partial charge < -0.3 is 14.0 Å². The van der Waals surface area contributed by atoms with Crippen molar-refractivity contribution in [3.8, 4) is 22.8 Å². The standard InChI is InChI=1S/C23H25N3O3S/c1-6-9-26-15(2)10-20(16(26)3)21-14-30-23(24-21)25-22(27)8-7-17-11-18(28-4)13-19(12-17)29-5/h6-8,10-14H,1,9H2,2-5H3,(H,24,25,27)/b8-7+. The SMILES string of the molecule is C=CCn1c(C)cc(-c2csc(NC(=O)/C=C/c3cc(OC)cc(OC)c3)n2)c1C. The number of carbonyl (C=O) groups excluding carboxylic acids is 1. The second kappa shape index (κ2) is 9.45. The number of carbonyl (C=O) groups is 1. The molecule has 0 aliphatic heterocycles. The number of methoxy groups -OCH3 is 2. The van der Waals surface area contributed by atoms with E-state index in [1.807, 2.05) is 23.6 Å². The van der Waals surface area contributed by atoms with Gasteiger partial charge in [0.1, 0.15) is 11.5 Å². The van der Waals surface area contributed by atoms with E-state index < -0.39 is 0 Å². The highest BCUT2D eigenvalue weighted by molar-refractivity contribution is 7.14. The zero-order valence-electron chi connectivity index (χ0n) is 17.6. The summed E-state index contributed by atoms with van der Waals surface area (Å²) in [6, 6.07) is 7.54. The third kappa shape index (κ3) is 4.80.